The molecule has 0 radical (unpaired) electrons. The van der Waals surface area contributed by atoms with Gasteiger partial charge in [0.05, 0.1) is 6.54 Å². The lowest BCUT2D eigenvalue weighted by Crippen LogP contribution is -2.39. The number of carbonyl (C=O) groups is 1. The van der Waals surface area contributed by atoms with Gasteiger partial charge in [0.1, 0.15) is 17.1 Å². The maximum Gasteiger partial charge on any atom is 0.221 e. The lowest BCUT2D eigenvalue weighted by Gasteiger charge is -2.23. The summed E-state index contributed by atoms with van der Waals surface area (Å²) in [6.07, 6.45) is 2.35. The van der Waals surface area contributed by atoms with E-state index < -0.39 is 5.60 Å². The number of nitrogens with one attached hydrogen (secondary N) is 1. The van der Waals surface area contributed by atoms with Crippen LogP contribution in [0, 0.1) is 13.8 Å². The fourth-order valence-corrected chi connectivity index (χ4v) is 3.18. The van der Waals surface area contributed by atoms with Gasteiger partial charge in [-0.1, -0.05) is 18.2 Å². The molecule has 1 amide bonds. The van der Waals surface area contributed by atoms with Crippen LogP contribution >= 0.6 is 0 Å². The minimum absolute atomic E-state index is 0.0871. The molecule has 0 saturated heterocycles. The highest BCUT2D eigenvalue weighted by Gasteiger charge is 2.28. The van der Waals surface area contributed by atoms with Gasteiger partial charge >= 0.3 is 0 Å². The highest BCUT2D eigenvalue weighted by molar-refractivity contribution is 5.80. The standard InChI is InChI=1S/C20H24N2O3/c1-14-12-17(15(2)25-14)20(3,24)13-21-19(23)9-11-22-10-8-16-6-4-5-7-18(16)22/h4-8,10,12,24H,9,11,13H2,1-3H3,(H,21,23). The fraction of sp³-hybridized carbons (Fsp3) is 0.350. The number of rotatable bonds is 6. The molecule has 3 rings (SSSR count). The van der Waals surface area contributed by atoms with Crippen molar-refractivity contribution in [2.75, 3.05) is 6.54 Å². The summed E-state index contributed by atoms with van der Waals surface area (Å²) in [6.45, 7) is 6.09. The number of furan rings is 1. The summed E-state index contributed by atoms with van der Waals surface area (Å²) >= 11 is 0. The monoisotopic (exact) mass is 340 g/mol. The van der Waals surface area contributed by atoms with E-state index in [0.29, 0.717) is 24.3 Å². The van der Waals surface area contributed by atoms with Crippen molar-refractivity contribution in [1.29, 1.82) is 0 Å². The number of hydrogen-bond acceptors (Lipinski definition) is 3. The predicted molar refractivity (Wildman–Crippen MR) is 97.3 cm³/mol. The molecule has 0 aliphatic rings. The number of carbonyl (C=O) groups excluding carboxylic acids is 1. The maximum absolute atomic E-state index is 12.2. The third-order valence-electron chi connectivity index (χ3n) is 4.51. The average molecular weight is 340 g/mol. The van der Waals surface area contributed by atoms with E-state index in [1.165, 1.54) is 0 Å². The molecular weight excluding hydrogens is 316 g/mol. The second-order valence-electron chi connectivity index (χ2n) is 6.70. The van der Waals surface area contributed by atoms with E-state index >= 15 is 0 Å². The summed E-state index contributed by atoms with van der Waals surface area (Å²) in [5, 5.41) is 14.6. The molecule has 3 aromatic rings. The quantitative estimate of drug-likeness (QED) is 0.724. The van der Waals surface area contributed by atoms with E-state index in [1.54, 1.807) is 6.92 Å². The number of benzene rings is 1. The van der Waals surface area contributed by atoms with Crippen LogP contribution in [0.15, 0.2) is 47.0 Å². The smallest absolute Gasteiger partial charge is 0.221 e. The van der Waals surface area contributed by atoms with Crippen LogP contribution in [-0.2, 0) is 16.9 Å². The molecule has 0 saturated carbocycles. The Balaban J connectivity index is 1.57. The van der Waals surface area contributed by atoms with Crippen molar-refractivity contribution >= 4 is 16.8 Å². The van der Waals surface area contributed by atoms with Gasteiger partial charge in [-0.2, -0.15) is 0 Å². The van der Waals surface area contributed by atoms with Crippen LogP contribution < -0.4 is 5.32 Å². The van der Waals surface area contributed by atoms with Crippen LogP contribution in [-0.4, -0.2) is 22.1 Å². The fourth-order valence-electron chi connectivity index (χ4n) is 3.18. The largest absolute Gasteiger partial charge is 0.466 e. The van der Waals surface area contributed by atoms with Crippen LogP contribution in [0.1, 0.15) is 30.4 Å². The predicted octanol–water partition coefficient (Wildman–Crippen LogP) is 3.27. The van der Waals surface area contributed by atoms with E-state index in [9.17, 15) is 9.90 Å². The van der Waals surface area contributed by atoms with E-state index in [0.717, 1.165) is 16.7 Å². The van der Waals surface area contributed by atoms with Gasteiger partial charge < -0.3 is 19.4 Å². The Morgan fingerprint density at radius 1 is 1.28 bits per heavy atom. The molecule has 2 aromatic heterocycles. The molecule has 1 atom stereocenters. The van der Waals surface area contributed by atoms with Crippen LogP contribution in [0.5, 0.6) is 0 Å². The third-order valence-corrected chi connectivity index (χ3v) is 4.51. The highest BCUT2D eigenvalue weighted by atomic mass is 16.3. The van der Waals surface area contributed by atoms with Crippen LogP contribution in [0.4, 0.5) is 0 Å². The number of aliphatic hydroxyl groups is 1. The van der Waals surface area contributed by atoms with Crippen molar-refractivity contribution in [3.05, 3.63) is 59.7 Å². The molecule has 1 unspecified atom stereocenters. The van der Waals surface area contributed by atoms with Crippen molar-refractivity contribution in [3.63, 3.8) is 0 Å². The molecule has 1 aromatic carbocycles. The maximum atomic E-state index is 12.2. The molecule has 5 nitrogen and oxygen atoms in total. The highest BCUT2D eigenvalue weighted by Crippen LogP contribution is 2.26. The lowest BCUT2D eigenvalue weighted by atomic mass is 9.96. The van der Waals surface area contributed by atoms with Gasteiger partial charge in [-0.05, 0) is 44.4 Å². The second kappa shape index (κ2) is 6.76. The Morgan fingerprint density at radius 3 is 2.76 bits per heavy atom. The molecule has 2 heterocycles. The summed E-state index contributed by atoms with van der Waals surface area (Å²) in [4.78, 5) is 12.2. The molecular formula is C20H24N2O3. The number of para-hydroxylation sites is 1. The molecule has 5 heteroatoms. The molecule has 132 valence electrons. The first-order chi connectivity index (χ1) is 11.9. The minimum atomic E-state index is -1.16. The number of fused-ring (bicyclic) bond motifs is 1. The Hall–Kier alpha value is -2.53. The minimum Gasteiger partial charge on any atom is -0.466 e. The van der Waals surface area contributed by atoms with E-state index in [4.69, 9.17) is 4.42 Å². The SMILES string of the molecule is Cc1cc(C(C)(O)CNC(=O)CCn2ccc3ccccc32)c(C)o1. The van der Waals surface area contributed by atoms with Crippen molar-refractivity contribution in [2.45, 2.75) is 39.3 Å². The number of hydrogen-bond donors (Lipinski definition) is 2. The summed E-state index contributed by atoms with van der Waals surface area (Å²) in [5.41, 5.74) is 0.672. The topological polar surface area (TPSA) is 67.4 Å². The number of amides is 1. The lowest BCUT2D eigenvalue weighted by molar-refractivity contribution is -0.122. The van der Waals surface area contributed by atoms with Gasteiger partial charge in [-0.15, -0.1) is 0 Å². The molecule has 0 aliphatic heterocycles. The molecule has 25 heavy (non-hydrogen) atoms. The number of nitrogens with zero attached hydrogens (tertiary/aromatic N) is 1. The first-order valence-corrected chi connectivity index (χ1v) is 8.47. The van der Waals surface area contributed by atoms with Gasteiger partial charge in [0.15, 0.2) is 0 Å². The van der Waals surface area contributed by atoms with E-state index in [1.807, 2.05) is 50.4 Å². The van der Waals surface area contributed by atoms with Gasteiger partial charge in [0.25, 0.3) is 0 Å². The Labute approximate surface area is 147 Å². The van der Waals surface area contributed by atoms with Gasteiger partial charge in [0.2, 0.25) is 5.91 Å². The Bertz CT molecular complexity index is 889. The molecule has 0 aliphatic carbocycles. The number of aromatic nitrogens is 1. The van der Waals surface area contributed by atoms with Gasteiger partial charge in [-0.3, -0.25) is 4.79 Å². The second-order valence-corrected chi connectivity index (χ2v) is 6.70. The van der Waals surface area contributed by atoms with Crippen molar-refractivity contribution < 1.29 is 14.3 Å². The normalized spacial score (nSPS) is 13.8. The first kappa shape index (κ1) is 17.3. The molecule has 0 spiro atoms. The van der Waals surface area contributed by atoms with Crippen LogP contribution in [0.2, 0.25) is 0 Å². The van der Waals surface area contributed by atoms with E-state index in [2.05, 4.69) is 16.0 Å². The van der Waals surface area contributed by atoms with Crippen molar-refractivity contribution in [3.8, 4) is 0 Å². The average Bonchev–Trinajstić information content (AvgIpc) is 3.14. The summed E-state index contributed by atoms with van der Waals surface area (Å²) in [6, 6.07) is 11.9. The van der Waals surface area contributed by atoms with E-state index in [-0.39, 0.29) is 12.5 Å². The Morgan fingerprint density at radius 2 is 2.04 bits per heavy atom. The Kier molecular flexibility index (Phi) is 4.68. The molecule has 0 fully saturated rings. The first-order valence-electron chi connectivity index (χ1n) is 8.47. The summed E-state index contributed by atoms with van der Waals surface area (Å²) < 4.78 is 7.54. The zero-order valence-corrected chi connectivity index (χ0v) is 14.9. The van der Waals surface area contributed by atoms with Crippen LogP contribution in [0.25, 0.3) is 10.9 Å². The van der Waals surface area contributed by atoms with Crippen molar-refractivity contribution in [2.24, 2.45) is 0 Å². The molecule has 0 bridgehead atoms. The zero-order chi connectivity index (χ0) is 18.0. The third kappa shape index (κ3) is 3.77. The molecule has 2 N–H and O–H groups in total. The van der Waals surface area contributed by atoms with Crippen LogP contribution in [0.3, 0.4) is 0 Å². The van der Waals surface area contributed by atoms with Gasteiger partial charge in [-0.25, -0.2) is 0 Å². The zero-order valence-electron chi connectivity index (χ0n) is 14.9. The summed E-state index contributed by atoms with van der Waals surface area (Å²) in [5.74, 6) is 1.34. The summed E-state index contributed by atoms with van der Waals surface area (Å²) in [7, 11) is 0. The van der Waals surface area contributed by atoms with Crippen molar-refractivity contribution in [1.82, 2.24) is 9.88 Å². The number of aryl methyl sites for hydroxylation is 3. The van der Waals surface area contributed by atoms with Gasteiger partial charge in [0, 0.05) is 30.2 Å².